The number of ether oxygens (including phenoxy) is 2. The summed E-state index contributed by atoms with van der Waals surface area (Å²) >= 11 is 1.42. The van der Waals surface area contributed by atoms with Gasteiger partial charge in [-0.25, -0.2) is 9.67 Å². The average Bonchev–Trinajstić information content (AvgIpc) is 3.59. The molecule has 0 aromatic carbocycles. The molecule has 0 aliphatic carbocycles. The molecule has 4 aromatic rings. The molecule has 4 aromatic heterocycles. The number of aryl methyl sites for hydroxylation is 1. The van der Waals surface area contributed by atoms with E-state index < -0.39 is 0 Å². The van der Waals surface area contributed by atoms with Gasteiger partial charge in [-0.2, -0.15) is 19.7 Å². The largest absolute Gasteiger partial charge is 0.377 e. The van der Waals surface area contributed by atoms with E-state index in [1.54, 1.807) is 17.2 Å². The average molecular weight is 467 g/mol. The van der Waals surface area contributed by atoms with Gasteiger partial charge in [0.1, 0.15) is 27.4 Å². The zero-order valence-electron chi connectivity index (χ0n) is 18.7. The molecule has 0 amide bonds. The Bertz CT molecular complexity index is 1260. The van der Waals surface area contributed by atoms with Crippen molar-refractivity contribution < 1.29 is 9.47 Å². The Morgan fingerprint density at radius 1 is 1.12 bits per heavy atom. The van der Waals surface area contributed by atoms with Gasteiger partial charge >= 0.3 is 0 Å². The summed E-state index contributed by atoms with van der Waals surface area (Å²) in [6.07, 6.45) is 6.47. The molecule has 0 N–H and O–H groups in total. The van der Waals surface area contributed by atoms with Gasteiger partial charge < -0.3 is 14.4 Å². The molecule has 6 heterocycles. The molecule has 2 aliphatic heterocycles. The van der Waals surface area contributed by atoms with E-state index in [0.717, 1.165) is 71.2 Å². The summed E-state index contributed by atoms with van der Waals surface area (Å²) in [6, 6.07) is 4.35. The van der Waals surface area contributed by atoms with E-state index in [0.29, 0.717) is 13.2 Å². The summed E-state index contributed by atoms with van der Waals surface area (Å²) in [6.45, 7) is 7.06. The fourth-order valence-corrected chi connectivity index (χ4v) is 5.42. The molecule has 2 saturated heterocycles. The smallest absolute Gasteiger partial charge is 0.150 e. The Hall–Kier alpha value is -2.89. The number of hydrogen-bond acceptors (Lipinski definition) is 9. The highest BCUT2D eigenvalue weighted by molar-refractivity contribution is 7.14. The van der Waals surface area contributed by atoms with Crippen LogP contribution in [0.4, 0.5) is 5.82 Å². The van der Waals surface area contributed by atoms with Crippen LogP contribution in [0.2, 0.25) is 0 Å². The number of anilines is 1. The molecular formula is C22H26N8O2S. The lowest BCUT2D eigenvalue weighted by atomic mass is 10.1. The Labute approximate surface area is 195 Å². The number of pyridine rings is 1. The number of rotatable bonds is 4. The van der Waals surface area contributed by atoms with Crippen molar-refractivity contribution in [2.75, 3.05) is 31.3 Å². The first-order valence-corrected chi connectivity index (χ1v) is 12.2. The van der Waals surface area contributed by atoms with Crippen LogP contribution in [0.25, 0.3) is 27.3 Å². The van der Waals surface area contributed by atoms with Crippen LogP contribution in [0.15, 0.2) is 24.5 Å². The molecule has 2 atom stereocenters. The van der Waals surface area contributed by atoms with Crippen LogP contribution in [0.1, 0.15) is 38.1 Å². The van der Waals surface area contributed by atoms with Gasteiger partial charge in [-0.05, 0) is 50.7 Å². The molecule has 11 heteroatoms. The van der Waals surface area contributed by atoms with Gasteiger partial charge in [0.15, 0.2) is 6.23 Å². The lowest BCUT2D eigenvalue weighted by Crippen LogP contribution is -2.44. The summed E-state index contributed by atoms with van der Waals surface area (Å²) in [5.74, 6) is 0.878. The van der Waals surface area contributed by atoms with Crippen molar-refractivity contribution in [1.82, 2.24) is 34.1 Å². The summed E-state index contributed by atoms with van der Waals surface area (Å²) in [4.78, 5) is 9.05. The molecule has 0 radical (unpaired) electrons. The number of hydrogen-bond donors (Lipinski definition) is 0. The first-order valence-electron chi connectivity index (χ1n) is 11.4. The van der Waals surface area contributed by atoms with Crippen molar-refractivity contribution in [3.8, 4) is 17.1 Å². The maximum Gasteiger partial charge on any atom is 0.150 e. The Kier molecular flexibility index (Phi) is 5.31. The van der Waals surface area contributed by atoms with Crippen LogP contribution >= 0.6 is 11.5 Å². The van der Waals surface area contributed by atoms with Crippen LogP contribution in [0, 0.1) is 6.92 Å². The van der Waals surface area contributed by atoms with Crippen LogP contribution in [-0.4, -0.2) is 66.5 Å². The van der Waals surface area contributed by atoms with Crippen molar-refractivity contribution in [1.29, 1.82) is 0 Å². The van der Waals surface area contributed by atoms with Crippen LogP contribution < -0.4 is 4.90 Å². The second-order valence-electron chi connectivity index (χ2n) is 8.58. The molecule has 0 bridgehead atoms. The minimum Gasteiger partial charge on any atom is -0.377 e. The van der Waals surface area contributed by atoms with Gasteiger partial charge in [-0.15, -0.1) is 4.80 Å². The van der Waals surface area contributed by atoms with Crippen molar-refractivity contribution in [3.05, 3.63) is 30.2 Å². The Balaban J connectivity index is 1.53. The number of fused-ring (bicyclic) bond motifs is 1. The van der Waals surface area contributed by atoms with Gasteiger partial charge in [0, 0.05) is 19.2 Å². The monoisotopic (exact) mass is 466 g/mol. The summed E-state index contributed by atoms with van der Waals surface area (Å²) in [7, 11) is 0. The molecule has 2 aliphatic rings. The number of aromatic nitrogens is 7. The van der Waals surface area contributed by atoms with Crippen molar-refractivity contribution >= 4 is 27.6 Å². The second-order valence-corrected chi connectivity index (χ2v) is 9.35. The van der Waals surface area contributed by atoms with Gasteiger partial charge in [0.25, 0.3) is 0 Å². The zero-order chi connectivity index (χ0) is 22.4. The van der Waals surface area contributed by atoms with E-state index in [1.165, 1.54) is 11.5 Å². The highest BCUT2D eigenvalue weighted by Gasteiger charge is 2.27. The molecular weight excluding hydrogens is 440 g/mol. The predicted octanol–water partition coefficient (Wildman–Crippen LogP) is 3.37. The quantitative estimate of drug-likeness (QED) is 0.452. The molecule has 10 nitrogen and oxygen atoms in total. The highest BCUT2D eigenvalue weighted by atomic mass is 32.1. The van der Waals surface area contributed by atoms with E-state index in [2.05, 4.69) is 34.2 Å². The van der Waals surface area contributed by atoms with Gasteiger partial charge in [0.2, 0.25) is 0 Å². The predicted molar refractivity (Wildman–Crippen MR) is 125 cm³/mol. The molecule has 33 heavy (non-hydrogen) atoms. The summed E-state index contributed by atoms with van der Waals surface area (Å²) in [5.41, 5.74) is 4.40. The minimum absolute atomic E-state index is 0.0751. The summed E-state index contributed by atoms with van der Waals surface area (Å²) < 4.78 is 19.5. The standard InChI is InChI=1S/C22H26N8O2S/c1-14-11-16(29(26-14)19-5-3-4-9-32-19)20-21-22(33-27-20)17(30-23-6-7-24-30)12-18(25-21)28-8-10-31-13-15(28)2/h6-7,11-12,15,19H,3-5,8-10,13H2,1-2H3/t15-,19?/m1/s1. The molecule has 6 rings (SSSR count). The number of nitrogens with zero attached hydrogens (tertiary/aromatic N) is 8. The maximum atomic E-state index is 6.05. The van der Waals surface area contributed by atoms with Crippen LogP contribution in [0.5, 0.6) is 0 Å². The molecule has 172 valence electrons. The Morgan fingerprint density at radius 2 is 2.00 bits per heavy atom. The normalized spacial score (nSPS) is 21.7. The number of morpholine rings is 1. The first-order chi connectivity index (χ1) is 16.2. The van der Waals surface area contributed by atoms with E-state index in [1.807, 2.05) is 11.6 Å². The van der Waals surface area contributed by atoms with Gasteiger partial charge in [-0.3, -0.25) is 0 Å². The van der Waals surface area contributed by atoms with Crippen molar-refractivity contribution in [2.24, 2.45) is 0 Å². The summed E-state index contributed by atoms with van der Waals surface area (Å²) in [5, 5.41) is 13.6. The van der Waals surface area contributed by atoms with Crippen LogP contribution in [0.3, 0.4) is 0 Å². The van der Waals surface area contributed by atoms with Crippen LogP contribution in [-0.2, 0) is 9.47 Å². The van der Waals surface area contributed by atoms with Gasteiger partial charge in [0.05, 0.1) is 43.0 Å². The first kappa shape index (κ1) is 20.7. The maximum absolute atomic E-state index is 6.05. The molecule has 1 unspecified atom stereocenters. The fraction of sp³-hybridized carbons (Fsp3) is 0.500. The van der Waals surface area contributed by atoms with Crippen molar-refractivity contribution in [2.45, 2.75) is 45.4 Å². The van der Waals surface area contributed by atoms with Gasteiger partial charge in [-0.1, -0.05) is 0 Å². The van der Waals surface area contributed by atoms with E-state index in [9.17, 15) is 0 Å². The lowest BCUT2D eigenvalue weighted by molar-refractivity contribution is -0.0385. The lowest BCUT2D eigenvalue weighted by Gasteiger charge is -2.34. The highest BCUT2D eigenvalue weighted by Crippen LogP contribution is 2.37. The fourth-order valence-electron chi connectivity index (χ4n) is 4.59. The molecule has 2 fully saturated rings. The third-order valence-electron chi connectivity index (χ3n) is 6.22. The third-order valence-corrected chi connectivity index (χ3v) is 7.08. The molecule has 0 spiro atoms. The van der Waals surface area contributed by atoms with Crippen molar-refractivity contribution in [3.63, 3.8) is 0 Å². The molecule has 0 saturated carbocycles. The topological polar surface area (TPSA) is 96.0 Å². The zero-order valence-corrected chi connectivity index (χ0v) is 19.5. The third kappa shape index (κ3) is 3.69. The van der Waals surface area contributed by atoms with E-state index in [4.69, 9.17) is 23.9 Å². The van der Waals surface area contributed by atoms with E-state index in [-0.39, 0.29) is 12.3 Å². The minimum atomic E-state index is -0.0751. The Morgan fingerprint density at radius 3 is 2.79 bits per heavy atom. The SMILES string of the molecule is Cc1cc(-c2nsc3c(-n4nccn4)cc(N4CCOC[C@H]4C)nc23)n(C2CCCCO2)n1. The second kappa shape index (κ2) is 8.47. The van der Waals surface area contributed by atoms with E-state index >= 15 is 0 Å².